The van der Waals surface area contributed by atoms with E-state index in [1.54, 1.807) is 0 Å². The minimum absolute atomic E-state index is 0.0285. The molecule has 0 aliphatic carbocycles. The van der Waals surface area contributed by atoms with Crippen LogP contribution >= 0.6 is 0 Å². The summed E-state index contributed by atoms with van der Waals surface area (Å²) in [5.74, 6) is 0. The fraction of sp³-hybridized carbons (Fsp3) is 1.00. The smallest absolute Gasteiger partial charge is 0.0576 e. The SMILES string of the molecule is CCCC(C)(N)CCC1CCCO1. The van der Waals surface area contributed by atoms with Crippen LogP contribution < -0.4 is 5.73 Å². The summed E-state index contributed by atoms with van der Waals surface area (Å²) in [7, 11) is 0. The lowest BCUT2D eigenvalue weighted by Crippen LogP contribution is -2.36. The lowest BCUT2D eigenvalue weighted by molar-refractivity contribution is 0.0962. The topological polar surface area (TPSA) is 35.2 Å². The third-order valence-electron chi connectivity index (χ3n) is 2.88. The van der Waals surface area contributed by atoms with Gasteiger partial charge in [-0.25, -0.2) is 0 Å². The Balaban J connectivity index is 2.15. The summed E-state index contributed by atoms with van der Waals surface area (Å²) in [6, 6.07) is 0. The molecule has 78 valence electrons. The monoisotopic (exact) mass is 185 g/mol. The van der Waals surface area contributed by atoms with Gasteiger partial charge in [-0.1, -0.05) is 13.3 Å². The van der Waals surface area contributed by atoms with E-state index in [1.807, 2.05) is 0 Å². The lowest BCUT2D eigenvalue weighted by Gasteiger charge is -2.25. The first-order valence-corrected chi connectivity index (χ1v) is 5.54. The maximum absolute atomic E-state index is 6.15. The second-order valence-electron chi connectivity index (χ2n) is 4.58. The molecule has 0 aromatic rings. The van der Waals surface area contributed by atoms with Gasteiger partial charge in [0.2, 0.25) is 0 Å². The van der Waals surface area contributed by atoms with Crippen molar-refractivity contribution >= 4 is 0 Å². The van der Waals surface area contributed by atoms with Crippen molar-refractivity contribution in [2.75, 3.05) is 6.61 Å². The first-order chi connectivity index (χ1) is 6.14. The molecule has 1 fully saturated rings. The summed E-state index contributed by atoms with van der Waals surface area (Å²) in [6.45, 7) is 5.31. The summed E-state index contributed by atoms with van der Waals surface area (Å²) in [4.78, 5) is 0. The molecule has 0 saturated carbocycles. The molecule has 0 amide bonds. The molecule has 2 N–H and O–H groups in total. The Bertz CT molecular complexity index is 139. The van der Waals surface area contributed by atoms with Gasteiger partial charge in [0.25, 0.3) is 0 Å². The summed E-state index contributed by atoms with van der Waals surface area (Å²) >= 11 is 0. The summed E-state index contributed by atoms with van der Waals surface area (Å²) < 4.78 is 5.57. The van der Waals surface area contributed by atoms with Gasteiger partial charge in [-0.3, -0.25) is 0 Å². The Morgan fingerprint density at radius 2 is 2.23 bits per heavy atom. The van der Waals surface area contributed by atoms with Crippen LogP contribution in [0.25, 0.3) is 0 Å². The molecule has 0 aromatic heterocycles. The third-order valence-corrected chi connectivity index (χ3v) is 2.88. The van der Waals surface area contributed by atoms with Crippen molar-refractivity contribution in [2.24, 2.45) is 5.73 Å². The predicted molar refractivity (Wildman–Crippen MR) is 55.7 cm³/mol. The highest BCUT2D eigenvalue weighted by atomic mass is 16.5. The lowest BCUT2D eigenvalue weighted by atomic mass is 9.90. The normalized spacial score (nSPS) is 27.5. The van der Waals surface area contributed by atoms with E-state index in [9.17, 15) is 0 Å². The molecule has 2 unspecified atom stereocenters. The van der Waals surface area contributed by atoms with Crippen molar-refractivity contribution < 1.29 is 4.74 Å². The fourth-order valence-corrected chi connectivity index (χ4v) is 2.06. The Kier molecular flexibility index (Phi) is 4.20. The van der Waals surface area contributed by atoms with Crippen molar-refractivity contribution in [3.63, 3.8) is 0 Å². The minimum atomic E-state index is 0.0285. The molecule has 1 heterocycles. The largest absolute Gasteiger partial charge is 0.378 e. The van der Waals surface area contributed by atoms with Crippen LogP contribution in [-0.4, -0.2) is 18.2 Å². The van der Waals surface area contributed by atoms with E-state index in [0.717, 1.165) is 25.9 Å². The zero-order chi connectivity index (χ0) is 9.73. The third kappa shape index (κ3) is 4.10. The zero-order valence-electron chi connectivity index (χ0n) is 9.01. The maximum atomic E-state index is 6.15. The van der Waals surface area contributed by atoms with Crippen molar-refractivity contribution in [3.8, 4) is 0 Å². The van der Waals surface area contributed by atoms with Crippen molar-refractivity contribution in [1.29, 1.82) is 0 Å². The van der Waals surface area contributed by atoms with E-state index >= 15 is 0 Å². The average Bonchev–Trinajstić information content (AvgIpc) is 2.52. The highest BCUT2D eigenvalue weighted by Crippen LogP contribution is 2.22. The van der Waals surface area contributed by atoms with E-state index in [2.05, 4.69) is 13.8 Å². The molecule has 0 spiro atoms. The highest BCUT2D eigenvalue weighted by molar-refractivity contribution is 4.80. The van der Waals surface area contributed by atoms with Crippen molar-refractivity contribution in [3.05, 3.63) is 0 Å². The maximum Gasteiger partial charge on any atom is 0.0576 e. The molecule has 2 heteroatoms. The van der Waals surface area contributed by atoms with Crippen LogP contribution in [-0.2, 0) is 4.74 Å². The molecular formula is C11H23NO. The van der Waals surface area contributed by atoms with Crippen LogP contribution in [0, 0.1) is 0 Å². The van der Waals surface area contributed by atoms with Gasteiger partial charge in [-0.2, -0.15) is 0 Å². The van der Waals surface area contributed by atoms with Crippen LogP contribution in [0.3, 0.4) is 0 Å². The molecule has 1 rings (SSSR count). The summed E-state index contributed by atoms with van der Waals surface area (Å²) in [5, 5.41) is 0. The van der Waals surface area contributed by atoms with E-state index in [0.29, 0.717) is 6.10 Å². The standard InChI is InChI=1S/C11H23NO/c1-3-7-11(2,12)8-6-10-5-4-9-13-10/h10H,3-9,12H2,1-2H3. The molecule has 1 saturated heterocycles. The molecule has 0 aromatic carbocycles. The average molecular weight is 185 g/mol. The van der Waals surface area contributed by atoms with E-state index in [4.69, 9.17) is 10.5 Å². The minimum Gasteiger partial charge on any atom is -0.378 e. The molecule has 1 aliphatic rings. The van der Waals surface area contributed by atoms with Crippen LogP contribution in [0.15, 0.2) is 0 Å². The first-order valence-electron chi connectivity index (χ1n) is 5.54. The molecule has 0 bridgehead atoms. The van der Waals surface area contributed by atoms with Crippen LogP contribution in [0.4, 0.5) is 0 Å². The van der Waals surface area contributed by atoms with Crippen molar-refractivity contribution in [1.82, 2.24) is 0 Å². The first kappa shape index (κ1) is 11.0. The van der Waals surface area contributed by atoms with E-state index in [1.165, 1.54) is 19.3 Å². The Morgan fingerprint density at radius 1 is 1.46 bits per heavy atom. The Hall–Kier alpha value is -0.0800. The molecule has 2 atom stereocenters. The van der Waals surface area contributed by atoms with Gasteiger partial charge in [0.15, 0.2) is 0 Å². The van der Waals surface area contributed by atoms with Crippen LogP contribution in [0.2, 0.25) is 0 Å². The predicted octanol–water partition coefficient (Wildman–Crippen LogP) is 2.46. The quantitative estimate of drug-likeness (QED) is 0.714. The zero-order valence-corrected chi connectivity index (χ0v) is 9.01. The molecular weight excluding hydrogens is 162 g/mol. The number of hydrogen-bond acceptors (Lipinski definition) is 2. The van der Waals surface area contributed by atoms with E-state index in [-0.39, 0.29) is 5.54 Å². The van der Waals surface area contributed by atoms with Crippen LogP contribution in [0.1, 0.15) is 52.4 Å². The number of hydrogen-bond donors (Lipinski definition) is 1. The van der Waals surface area contributed by atoms with Gasteiger partial charge in [0.1, 0.15) is 0 Å². The Morgan fingerprint density at radius 3 is 2.77 bits per heavy atom. The molecule has 2 nitrogen and oxygen atoms in total. The summed E-state index contributed by atoms with van der Waals surface area (Å²) in [6.07, 6.45) is 7.53. The molecule has 13 heavy (non-hydrogen) atoms. The second kappa shape index (κ2) is 4.97. The fourth-order valence-electron chi connectivity index (χ4n) is 2.06. The number of nitrogens with two attached hydrogens (primary N) is 1. The van der Waals surface area contributed by atoms with Gasteiger partial charge < -0.3 is 10.5 Å². The van der Waals surface area contributed by atoms with Gasteiger partial charge in [0.05, 0.1) is 6.10 Å². The van der Waals surface area contributed by atoms with E-state index < -0.39 is 0 Å². The van der Waals surface area contributed by atoms with Crippen molar-refractivity contribution in [2.45, 2.75) is 64.0 Å². The molecule has 0 radical (unpaired) electrons. The van der Waals surface area contributed by atoms with Crippen LogP contribution in [0.5, 0.6) is 0 Å². The Labute approximate surface area is 81.8 Å². The molecule has 1 aliphatic heterocycles. The summed E-state index contributed by atoms with van der Waals surface area (Å²) in [5.41, 5.74) is 6.18. The van der Waals surface area contributed by atoms with Gasteiger partial charge in [-0.15, -0.1) is 0 Å². The second-order valence-corrected chi connectivity index (χ2v) is 4.58. The highest BCUT2D eigenvalue weighted by Gasteiger charge is 2.21. The van der Waals surface area contributed by atoms with Gasteiger partial charge >= 0.3 is 0 Å². The number of rotatable bonds is 5. The number of ether oxygens (including phenoxy) is 1. The van der Waals surface area contributed by atoms with Gasteiger partial charge in [-0.05, 0) is 39.0 Å². The van der Waals surface area contributed by atoms with Gasteiger partial charge in [0, 0.05) is 12.1 Å².